The molecule has 3 heteroatoms. The lowest BCUT2D eigenvalue weighted by molar-refractivity contribution is 0.481. The van der Waals surface area contributed by atoms with Crippen LogP contribution in [0, 0.1) is 0 Å². The lowest BCUT2D eigenvalue weighted by Gasteiger charge is -2.14. The van der Waals surface area contributed by atoms with Gasteiger partial charge < -0.3 is 5.32 Å². The van der Waals surface area contributed by atoms with Crippen LogP contribution in [0.15, 0.2) is 11.6 Å². The topological polar surface area (TPSA) is 24.9 Å². The molecule has 0 aliphatic heterocycles. The quantitative estimate of drug-likeness (QED) is 0.667. The minimum Gasteiger partial charge on any atom is -0.317 e. The summed E-state index contributed by atoms with van der Waals surface area (Å²) in [6.45, 7) is 2.26. The predicted molar refractivity (Wildman–Crippen MR) is 72.0 cm³/mol. The Morgan fingerprint density at radius 1 is 1.31 bits per heavy atom. The Morgan fingerprint density at radius 2 is 2.12 bits per heavy atom. The summed E-state index contributed by atoms with van der Waals surface area (Å²) in [5.74, 6) is 0. The third-order valence-corrected chi connectivity index (χ3v) is 3.77. The Morgan fingerprint density at radius 3 is 2.75 bits per heavy atom. The summed E-state index contributed by atoms with van der Waals surface area (Å²) in [5, 5.41) is 6.71. The number of hydrogen-bond donors (Lipinski definition) is 1. The Balaban J connectivity index is 2.12. The number of hydrogen-bond acceptors (Lipinski definition) is 3. The first-order valence-corrected chi connectivity index (χ1v) is 7.30. The largest absolute Gasteiger partial charge is 0.317 e. The van der Waals surface area contributed by atoms with Crippen LogP contribution in [0.2, 0.25) is 0 Å². The molecule has 0 spiro atoms. The fourth-order valence-electron chi connectivity index (χ4n) is 1.91. The van der Waals surface area contributed by atoms with E-state index < -0.39 is 0 Å². The number of nitrogens with zero attached hydrogens (tertiary/aromatic N) is 1. The Kier molecular flexibility index (Phi) is 7.43. The van der Waals surface area contributed by atoms with Gasteiger partial charge in [0.1, 0.15) is 0 Å². The van der Waals surface area contributed by atoms with Crippen molar-refractivity contribution in [1.29, 1.82) is 0 Å². The van der Waals surface area contributed by atoms with E-state index in [2.05, 4.69) is 29.7 Å². The van der Waals surface area contributed by atoms with Crippen LogP contribution >= 0.6 is 11.3 Å². The van der Waals surface area contributed by atoms with Crippen molar-refractivity contribution in [2.75, 3.05) is 7.05 Å². The number of thiazole rings is 1. The molecule has 0 saturated carbocycles. The average Bonchev–Trinajstić information content (AvgIpc) is 2.80. The van der Waals surface area contributed by atoms with E-state index in [-0.39, 0.29) is 0 Å². The van der Waals surface area contributed by atoms with Gasteiger partial charge in [-0.05, 0) is 13.5 Å². The van der Waals surface area contributed by atoms with Gasteiger partial charge >= 0.3 is 0 Å². The molecule has 0 aliphatic carbocycles. The molecule has 0 aromatic carbocycles. The first-order valence-electron chi connectivity index (χ1n) is 6.42. The summed E-state index contributed by atoms with van der Waals surface area (Å²) in [6.07, 6.45) is 11.1. The third kappa shape index (κ3) is 5.61. The molecule has 1 rings (SSSR count). The first-order chi connectivity index (χ1) is 7.86. The number of unbranched alkanes of at least 4 members (excludes halogenated alkanes) is 4. The molecule has 1 N–H and O–H groups in total. The summed E-state index contributed by atoms with van der Waals surface area (Å²) in [4.78, 5) is 4.34. The van der Waals surface area contributed by atoms with Crippen LogP contribution in [-0.2, 0) is 6.42 Å². The Bertz CT molecular complexity index is 246. The lowest BCUT2D eigenvalue weighted by atomic mass is 10.0. The maximum absolute atomic E-state index is 4.34. The molecule has 2 nitrogen and oxygen atoms in total. The van der Waals surface area contributed by atoms with E-state index in [1.54, 1.807) is 11.3 Å². The average molecular weight is 240 g/mol. The Hall–Kier alpha value is -0.410. The van der Waals surface area contributed by atoms with Crippen molar-refractivity contribution in [3.05, 3.63) is 16.6 Å². The zero-order chi connectivity index (χ0) is 11.6. The van der Waals surface area contributed by atoms with E-state index in [4.69, 9.17) is 0 Å². The van der Waals surface area contributed by atoms with Gasteiger partial charge in [-0.15, -0.1) is 11.3 Å². The predicted octanol–water partition coefficient (Wildman–Crippen LogP) is 3.63. The van der Waals surface area contributed by atoms with Gasteiger partial charge in [0.25, 0.3) is 0 Å². The lowest BCUT2D eigenvalue weighted by Crippen LogP contribution is -2.27. The molecule has 1 aromatic heterocycles. The van der Waals surface area contributed by atoms with Crippen LogP contribution < -0.4 is 5.32 Å². The molecule has 1 atom stereocenters. The number of likely N-dealkylation sites (N-methyl/N-ethyl adjacent to an activating group) is 1. The van der Waals surface area contributed by atoms with E-state index in [1.807, 2.05) is 6.20 Å². The molecule has 0 fully saturated rings. The molecular formula is C13H24N2S. The molecule has 0 radical (unpaired) electrons. The SMILES string of the molecule is CCCCCCCC(Cc1nccs1)NC. The molecule has 92 valence electrons. The molecule has 0 bridgehead atoms. The Labute approximate surface area is 103 Å². The summed E-state index contributed by atoms with van der Waals surface area (Å²) in [5.41, 5.74) is 0. The van der Waals surface area contributed by atoms with E-state index in [0.29, 0.717) is 6.04 Å². The smallest absolute Gasteiger partial charge is 0.0940 e. The molecule has 0 aliphatic rings. The highest BCUT2D eigenvalue weighted by atomic mass is 32.1. The van der Waals surface area contributed by atoms with Crippen molar-refractivity contribution in [1.82, 2.24) is 10.3 Å². The van der Waals surface area contributed by atoms with Gasteiger partial charge in [-0.1, -0.05) is 39.0 Å². The van der Waals surface area contributed by atoms with Crippen molar-refractivity contribution in [2.45, 2.75) is 57.9 Å². The van der Waals surface area contributed by atoms with Crippen molar-refractivity contribution in [2.24, 2.45) is 0 Å². The van der Waals surface area contributed by atoms with Gasteiger partial charge in [0.15, 0.2) is 0 Å². The standard InChI is InChI=1S/C13H24N2S/c1-3-4-5-6-7-8-12(14-2)11-13-15-9-10-16-13/h9-10,12,14H,3-8,11H2,1-2H3. The van der Waals surface area contributed by atoms with Gasteiger partial charge in [-0.25, -0.2) is 4.98 Å². The second kappa shape index (κ2) is 8.71. The molecule has 16 heavy (non-hydrogen) atoms. The molecule has 0 amide bonds. The van der Waals surface area contributed by atoms with Gasteiger partial charge in [-0.2, -0.15) is 0 Å². The fourth-order valence-corrected chi connectivity index (χ4v) is 2.61. The van der Waals surface area contributed by atoms with E-state index in [9.17, 15) is 0 Å². The minimum atomic E-state index is 0.604. The van der Waals surface area contributed by atoms with Gasteiger partial charge in [0.2, 0.25) is 0 Å². The fraction of sp³-hybridized carbons (Fsp3) is 0.769. The second-order valence-electron chi connectivity index (χ2n) is 4.32. The molecule has 0 saturated heterocycles. The zero-order valence-electron chi connectivity index (χ0n) is 10.5. The van der Waals surface area contributed by atoms with E-state index >= 15 is 0 Å². The minimum absolute atomic E-state index is 0.604. The highest BCUT2D eigenvalue weighted by molar-refractivity contribution is 7.09. The summed E-state index contributed by atoms with van der Waals surface area (Å²) in [7, 11) is 2.06. The van der Waals surface area contributed by atoms with Gasteiger partial charge in [-0.3, -0.25) is 0 Å². The van der Waals surface area contributed by atoms with Crippen LogP contribution in [0.5, 0.6) is 0 Å². The summed E-state index contributed by atoms with van der Waals surface area (Å²) in [6, 6.07) is 0.604. The van der Waals surface area contributed by atoms with E-state index in [0.717, 1.165) is 6.42 Å². The normalized spacial score (nSPS) is 12.9. The highest BCUT2D eigenvalue weighted by Gasteiger charge is 2.08. The van der Waals surface area contributed by atoms with Crippen molar-refractivity contribution >= 4 is 11.3 Å². The maximum atomic E-state index is 4.34. The van der Waals surface area contributed by atoms with Gasteiger partial charge in [0.05, 0.1) is 5.01 Å². The van der Waals surface area contributed by atoms with Crippen molar-refractivity contribution in [3.8, 4) is 0 Å². The van der Waals surface area contributed by atoms with Crippen LogP contribution in [-0.4, -0.2) is 18.1 Å². The van der Waals surface area contributed by atoms with Crippen LogP contribution in [0.4, 0.5) is 0 Å². The zero-order valence-corrected chi connectivity index (χ0v) is 11.4. The van der Waals surface area contributed by atoms with Gasteiger partial charge in [0, 0.05) is 24.0 Å². The monoisotopic (exact) mass is 240 g/mol. The molecule has 1 heterocycles. The van der Waals surface area contributed by atoms with Crippen LogP contribution in [0.25, 0.3) is 0 Å². The molecule has 1 aromatic rings. The van der Waals surface area contributed by atoms with Crippen LogP contribution in [0.1, 0.15) is 50.5 Å². The first kappa shape index (κ1) is 13.7. The molecule has 1 unspecified atom stereocenters. The number of nitrogens with one attached hydrogen (secondary N) is 1. The van der Waals surface area contributed by atoms with Crippen molar-refractivity contribution in [3.63, 3.8) is 0 Å². The second-order valence-corrected chi connectivity index (χ2v) is 5.30. The number of rotatable bonds is 9. The van der Waals surface area contributed by atoms with Crippen LogP contribution in [0.3, 0.4) is 0 Å². The summed E-state index contributed by atoms with van der Waals surface area (Å²) < 4.78 is 0. The number of aromatic nitrogens is 1. The van der Waals surface area contributed by atoms with Crippen molar-refractivity contribution < 1.29 is 0 Å². The van der Waals surface area contributed by atoms with E-state index in [1.165, 1.54) is 43.5 Å². The third-order valence-electron chi connectivity index (χ3n) is 2.97. The maximum Gasteiger partial charge on any atom is 0.0940 e. The summed E-state index contributed by atoms with van der Waals surface area (Å²) >= 11 is 1.76. The highest BCUT2D eigenvalue weighted by Crippen LogP contribution is 2.12. The molecular weight excluding hydrogens is 216 g/mol.